The summed E-state index contributed by atoms with van der Waals surface area (Å²) in [5, 5.41) is 16.6. The summed E-state index contributed by atoms with van der Waals surface area (Å²) < 4.78 is 5.40. The van der Waals surface area contributed by atoms with Gasteiger partial charge in [-0.15, -0.1) is 0 Å². The Morgan fingerprint density at radius 3 is 2.61 bits per heavy atom. The van der Waals surface area contributed by atoms with Crippen molar-refractivity contribution in [3.05, 3.63) is 0 Å². The summed E-state index contributed by atoms with van der Waals surface area (Å²) in [6, 6.07) is -0.187. The van der Waals surface area contributed by atoms with Crippen LogP contribution in [0, 0.1) is 5.92 Å². The maximum absolute atomic E-state index is 12.2. The van der Waals surface area contributed by atoms with Crippen LogP contribution in [0.1, 0.15) is 59.8 Å². The Labute approximate surface area is 139 Å². The van der Waals surface area contributed by atoms with Gasteiger partial charge in [-0.3, -0.25) is 5.01 Å². The molecule has 1 aliphatic carbocycles. The molecule has 1 fully saturated rings. The third kappa shape index (κ3) is 4.83. The molecule has 1 aliphatic heterocycles. The molecule has 6 nitrogen and oxygen atoms in total. The molecule has 6 heteroatoms. The Bertz CT molecular complexity index is 452. The van der Waals surface area contributed by atoms with Gasteiger partial charge in [-0.1, -0.05) is 12.8 Å². The van der Waals surface area contributed by atoms with Gasteiger partial charge in [0, 0.05) is 20.0 Å². The van der Waals surface area contributed by atoms with E-state index in [0.29, 0.717) is 12.3 Å². The molecule has 0 radical (unpaired) electrons. The van der Waals surface area contributed by atoms with Crippen molar-refractivity contribution in [3.8, 4) is 0 Å². The van der Waals surface area contributed by atoms with Gasteiger partial charge in [-0.25, -0.2) is 4.79 Å². The molecule has 0 spiro atoms. The lowest BCUT2D eigenvalue weighted by molar-refractivity contribution is 0.0153. The zero-order chi connectivity index (χ0) is 17.2. The van der Waals surface area contributed by atoms with Gasteiger partial charge in [0.2, 0.25) is 0 Å². The number of ether oxygens (including phenoxy) is 1. The molecule has 132 valence electrons. The molecular weight excluding hydrogens is 294 g/mol. The van der Waals surface area contributed by atoms with Crippen molar-refractivity contribution in [2.24, 2.45) is 11.0 Å². The molecule has 2 unspecified atom stereocenters. The lowest BCUT2D eigenvalue weighted by Gasteiger charge is -2.28. The molecule has 0 aromatic carbocycles. The third-order valence-electron chi connectivity index (χ3n) is 4.66. The summed E-state index contributed by atoms with van der Waals surface area (Å²) in [5.74, 6) is 0.631. The van der Waals surface area contributed by atoms with Crippen LogP contribution in [0.25, 0.3) is 0 Å². The van der Waals surface area contributed by atoms with E-state index in [2.05, 4.69) is 5.10 Å². The Morgan fingerprint density at radius 2 is 2.04 bits per heavy atom. The van der Waals surface area contributed by atoms with Crippen LogP contribution >= 0.6 is 0 Å². The van der Waals surface area contributed by atoms with E-state index in [9.17, 15) is 9.90 Å². The van der Waals surface area contributed by atoms with Crippen LogP contribution in [0.2, 0.25) is 0 Å². The first-order valence-electron chi connectivity index (χ1n) is 8.65. The standard InChI is InChI=1S/C17H31N3O3/c1-12(19(5)16(22)23-17(2,3)4)14-10-15(21)20(18-14)11-13-8-6-7-9-13/h12-13,15,21H,6-11H2,1-5H3. The van der Waals surface area contributed by atoms with Gasteiger partial charge in [0.15, 0.2) is 0 Å². The van der Waals surface area contributed by atoms with Crippen LogP contribution in [-0.2, 0) is 4.74 Å². The zero-order valence-electron chi connectivity index (χ0n) is 15.1. The van der Waals surface area contributed by atoms with Crippen molar-refractivity contribution in [2.75, 3.05) is 13.6 Å². The summed E-state index contributed by atoms with van der Waals surface area (Å²) in [5.41, 5.74) is 0.320. The van der Waals surface area contributed by atoms with Crippen LogP contribution in [-0.4, -0.2) is 58.3 Å². The second-order valence-electron chi connectivity index (χ2n) is 7.82. The molecule has 2 aliphatic rings. The normalized spacial score (nSPS) is 23.8. The van der Waals surface area contributed by atoms with Gasteiger partial charge < -0.3 is 14.7 Å². The molecule has 0 aromatic heterocycles. The van der Waals surface area contributed by atoms with E-state index in [1.807, 2.05) is 27.7 Å². The number of rotatable bonds is 4. The van der Waals surface area contributed by atoms with E-state index < -0.39 is 11.8 Å². The van der Waals surface area contributed by atoms with Crippen molar-refractivity contribution < 1.29 is 14.6 Å². The van der Waals surface area contributed by atoms with E-state index in [1.54, 1.807) is 17.0 Å². The van der Waals surface area contributed by atoms with Gasteiger partial charge in [-0.2, -0.15) is 5.10 Å². The molecule has 0 aromatic rings. The monoisotopic (exact) mass is 325 g/mol. The van der Waals surface area contributed by atoms with Crippen LogP contribution in [0.5, 0.6) is 0 Å². The van der Waals surface area contributed by atoms with Crippen LogP contribution in [0.4, 0.5) is 4.79 Å². The number of aliphatic hydroxyl groups is 1. The summed E-state index contributed by atoms with van der Waals surface area (Å²) >= 11 is 0. The fraction of sp³-hybridized carbons (Fsp3) is 0.882. The highest BCUT2D eigenvalue weighted by Gasteiger charge is 2.33. The van der Waals surface area contributed by atoms with E-state index in [4.69, 9.17) is 4.74 Å². The van der Waals surface area contributed by atoms with E-state index in [1.165, 1.54) is 25.7 Å². The fourth-order valence-electron chi connectivity index (χ4n) is 3.15. The Hall–Kier alpha value is -1.30. The Balaban J connectivity index is 1.95. The fourth-order valence-corrected chi connectivity index (χ4v) is 3.15. The first-order chi connectivity index (χ1) is 10.7. The minimum atomic E-state index is -0.569. The Kier molecular flexibility index (Phi) is 5.55. The predicted molar refractivity (Wildman–Crippen MR) is 90.2 cm³/mol. The van der Waals surface area contributed by atoms with E-state index >= 15 is 0 Å². The predicted octanol–water partition coefficient (Wildman–Crippen LogP) is 2.81. The topological polar surface area (TPSA) is 65.4 Å². The molecule has 0 bridgehead atoms. The smallest absolute Gasteiger partial charge is 0.410 e. The Morgan fingerprint density at radius 1 is 1.43 bits per heavy atom. The van der Waals surface area contributed by atoms with Gasteiger partial charge in [-0.05, 0) is 46.5 Å². The second-order valence-corrected chi connectivity index (χ2v) is 7.82. The molecule has 2 rings (SSSR count). The molecule has 1 heterocycles. The highest BCUT2D eigenvalue weighted by Crippen LogP contribution is 2.28. The maximum Gasteiger partial charge on any atom is 0.410 e. The first-order valence-corrected chi connectivity index (χ1v) is 8.65. The molecule has 1 saturated carbocycles. The number of nitrogens with zero attached hydrogens (tertiary/aromatic N) is 3. The molecule has 1 N–H and O–H groups in total. The maximum atomic E-state index is 12.2. The molecular formula is C17H31N3O3. The largest absolute Gasteiger partial charge is 0.444 e. The van der Waals surface area contributed by atoms with Gasteiger partial charge >= 0.3 is 6.09 Å². The zero-order valence-corrected chi connectivity index (χ0v) is 15.1. The summed E-state index contributed by atoms with van der Waals surface area (Å²) in [7, 11) is 1.72. The van der Waals surface area contributed by atoms with E-state index in [-0.39, 0.29) is 12.1 Å². The van der Waals surface area contributed by atoms with Crippen molar-refractivity contribution in [3.63, 3.8) is 0 Å². The van der Waals surface area contributed by atoms with Gasteiger partial charge in [0.1, 0.15) is 11.8 Å². The SMILES string of the molecule is CC(C1=NN(CC2CCCC2)C(O)C1)N(C)C(=O)OC(C)(C)C. The van der Waals surface area contributed by atoms with Gasteiger partial charge in [0.05, 0.1) is 11.8 Å². The van der Waals surface area contributed by atoms with Gasteiger partial charge in [0.25, 0.3) is 0 Å². The lowest BCUT2D eigenvalue weighted by atomic mass is 10.1. The minimum Gasteiger partial charge on any atom is -0.444 e. The third-order valence-corrected chi connectivity index (χ3v) is 4.66. The van der Waals surface area contributed by atoms with E-state index in [0.717, 1.165) is 12.3 Å². The number of hydrogen-bond donors (Lipinski definition) is 1. The average molecular weight is 325 g/mol. The number of hydrazone groups is 1. The number of hydrogen-bond acceptors (Lipinski definition) is 5. The van der Waals surface area contributed by atoms with Crippen LogP contribution < -0.4 is 0 Å². The number of carbonyl (C=O) groups excluding carboxylic acids is 1. The molecule has 0 saturated heterocycles. The number of carbonyl (C=O) groups is 1. The number of aliphatic hydroxyl groups excluding tert-OH is 1. The summed E-state index contributed by atoms with van der Waals surface area (Å²) in [4.78, 5) is 13.7. The minimum absolute atomic E-state index is 0.187. The second kappa shape index (κ2) is 7.07. The van der Waals surface area contributed by atoms with Crippen molar-refractivity contribution in [1.82, 2.24) is 9.91 Å². The molecule has 2 atom stereocenters. The summed E-state index contributed by atoms with van der Waals surface area (Å²) in [6.45, 7) is 8.29. The number of amides is 1. The van der Waals surface area contributed by atoms with Crippen molar-refractivity contribution in [1.29, 1.82) is 0 Å². The quantitative estimate of drug-likeness (QED) is 0.863. The lowest BCUT2D eigenvalue weighted by Crippen LogP contribution is -2.43. The average Bonchev–Trinajstić information content (AvgIpc) is 3.06. The van der Waals surface area contributed by atoms with Crippen molar-refractivity contribution in [2.45, 2.75) is 77.7 Å². The molecule has 1 amide bonds. The molecule has 23 heavy (non-hydrogen) atoms. The first kappa shape index (κ1) is 18.0. The highest BCUT2D eigenvalue weighted by atomic mass is 16.6. The summed E-state index contributed by atoms with van der Waals surface area (Å²) in [6.07, 6.45) is 4.56. The van der Waals surface area contributed by atoms with Crippen LogP contribution in [0.3, 0.4) is 0 Å². The van der Waals surface area contributed by atoms with Crippen LogP contribution in [0.15, 0.2) is 5.10 Å². The van der Waals surface area contributed by atoms with Crippen molar-refractivity contribution >= 4 is 11.8 Å². The highest BCUT2D eigenvalue weighted by molar-refractivity contribution is 5.92.